The normalized spacial score (nSPS) is 11.5. The largest absolute Gasteiger partial charge is 0.507 e. The lowest BCUT2D eigenvalue weighted by atomic mass is 10.1. The van der Waals surface area contributed by atoms with Crippen LogP contribution < -0.4 is 5.43 Å². The maximum atomic E-state index is 12.5. The fourth-order valence-corrected chi connectivity index (χ4v) is 3.30. The van der Waals surface area contributed by atoms with Crippen LogP contribution in [0.1, 0.15) is 21.6 Å². The second kappa shape index (κ2) is 7.70. The molecule has 6 heteroatoms. The molecule has 4 aromatic rings. The van der Waals surface area contributed by atoms with Gasteiger partial charge in [-0.05, 0) is 30.3 Å². The molecule has 0 atom stereocenters. The summed E-state index contributed by atoms with van der Waals surface area (Å²) in [6.07, 6.45) is 0. The number of hydrogen-bond donors (Lipinski definition) is 3. The minimum absolute atomic E-state index is 0.109. The lowest BCUT2D eigenvalue weighted by Crippen LogP contribution is -2.21. The number of halogens is 1. The Kier molecular flexibility index (Phi) is 4.95. The van der Waals surface area contributed by atoms with Gasteiger partial charge in [-0.15, -0.1) is 0 Å². The number of phenols is 1. The third-order valence-corrected chi connectivity index (χ3v) is 4.80. The number of amides is 1. The summed E-state index contributed by atoms with van der Waals surface area (Å²) in [4.78, 5) is 15.9. The predicted molar refractivity (Wildman–Crippen MR) is 114 cm³/mol. The zero-order chi connectivity index (χ0) is 19.5. The lowest BCUT2D eigenvalue weighted by molar-refractivity contribution is 0.0952. The molecule has 1 amide bonds. The number of aromatic amines is 1. The Morgan fingerprint density at radius 2 is 1.71 bits per heavy atom. The SMILES string of the molecule is O=C(N/N=C(/c1ccccc1)c1cc2ccccc2[nH]1)c1cc(Br)ccc1O. The number of benzene rings is 3. The van der Waals surface area contributed by atoms with Gasteiger partial charge < -0.3 is 10.1 Å². The topological polar surface area (TPSA) is 77.5 Å². The Morgan fingerprint density at radius 1 is 0.964 bits per heavy atom. The number of nitrogens with zero attached hydrogens (tertiary/aromatic N) is 1. The van der Waals surface area contributed by atoms with Gasteiger partial charge in [-0.1, -0.05) is 64.5 Å². The highest BCUT2D eigenvalue weighted by molar-refractivity contribution is 9.10. The van der Waals surface area contributed by atoms with E-state index in [4.69, 9.17) is 0 Å². The molecule has 0 spiro atoms. The fourth-order valence-electron chi connectivity index (χ4n) is 2.93. The number of fused-ring (bicyclic) bond motifs is 1. The van der Waals surface area contributed by atoms with Crippen molar-refractivity contribution in [1.82, 2.24) is 10.4 Å². The van der Waals surface area contributed by atoms with Gasteiger partial charge in [-0.2, -0.15) is 5.10 Å². The van der Waals surface area contributed by atoms with Gasteiger partial charge in [0.05, 0.1) is 11.3 Å². The number of nitrogens with one attached hydrogen (secondary N) is 2. The van der Waals surface area contributed by atoms with E-state index in [1.165, 1.54) is 6.07 Å². The zero-order valence-electron chi connectivity index (χ0n) is 14.7. The number of H-pyrrole nitrogens is 1. The molecule has 0 radical (unpaired) electrons. The number of rotatable bonds is 4. The van der Waals surface area contributed by atoms with Crippen molar-refractivity contribution in [3.63, 3.8) is 0 Å². The first kappa shape index (κ1) is 18.0. The first-order valence-corrected chi connectivity index (χ1v) is 9.41. The smallest absolute Gasteiger partial charge is 0.275 e. The summed E-state index contributed by atoms with van der Waals surface area (Å²) in [6.45, 7) is 0. The molecule has 0 fully saturated rings. The van der Waals surface area contributed by atoms with Gasteiger partial charge in [-0.25, -0.2) is 5.43 Å². The number of phenolic OH excluding ortho intramolecular Hbond substituents is 1. The molecule has 0 unspecified atom stereocenters. The highest BCUT2D eigenvalue weighted by Gasteiger charge is 2.14. The fraction of sp³-hybridized carbons (Fsp3) is 0. The van der Waals surface area contributed by atoms with Crippen LogP contribution in [0.4, 0.5) is 0 Å². The minimum atomic E-state index is -0.497. The van der Waals surface area contributed by atoms with E-state index in [0.29, 0.717) is 10.2 Å². The van der Waals surface area contributed by atoms with E-state index in [-0.39, 0.29) is 11.3 Å². The van der Waals surface area contributed by atoms with Crippen molar-refractivity contribution in [1.29, 1.82) is 0 Å². The van der Waals surface area contributed by atoms with E-state index in [0.717, 1.165) is 22.2 Å². The molecule has 1 aromatic heterocycles. The second-order valence-corrected chi connectivity index (χ2v) is 7.11. The Labute approximate surface area is 169 Å². The molecule has 0 aliphatic heterocycles. The van der Waals surface area contributed by atoms with Crippen LogP contribution in [0.25, 0.3) is 10.9 Å². The van der Waals surface area contributed by atoms with Gasteiger partial charge in [0.15, 0.2) is 0 Å². The van der Waals surface area contributed by atoms with Crippen molar-refractivity contribution in [2.24, 2.45) is 5.10 Å². The standard InChI is InChI=1S/C22H16BrN3O2/c23-16-10-11-20(27)17(13-16)22(28)26-25-21(14-6-2-1-3-7-14)19-12-15-8-4-5-9-18(15)24-19/h1-13,24,27H,(H,26,28)/b25-21-. The number of aromatic hydroxyl groups is 1. The van der Waals surface area contributed by atoms with E-state index in [9.17, 15) is 9.90 Å². The molecule has 0 aliphatic rings. The molecule has 28 heavy (non-hydrogen) atoms. The van der Waals surface area contributed by atoms with Crippen LogP contribution >= 0.6 is 15.9 Å². The van der Waals surface area contributed by atoms with Crippen LogP contribution in [0, 0.1) is 0 Å². The number of hydrazone groups is 1. The Hall–Kier alpha value is -3.38. The molecule has 138 valence electrons. The monoisotopic (exact) mass is 433 g/mol. The van der Waals surface area contributed by atoms with Gasteiger partial charge in [0.25, 0.3) is 5.91 Å². The van der Waals surface area contributed by atoms with Crippen LogP contribution in [0.15, 0.2) is 88.4 Å². The number of para-hydroxylation sites is 1. The minimum Gasteiger partial charge on any atom is -0.507 e. The van der Waals surface area contributed by atoms with Crippen molar-refractivity contribution in [2.45, 2.75) is 0 Å². The van der Waals surface area contributed by atoms with Gasteiger partial charge >= 0.3 is 0 Å². The first-order valence-electron chi connectivity index (χ1n) is 8.62. The van der Waals surface area contributed by atoms with Gasteiger partial charge in [0.1, 0.15) is 11.5 Å². The molecule has 0 aliphatic carbocycles. The molecular weight excluding hydrogens is 418 g/mol. The average molecular weight is 434 g/mol. The molecule has 4 rings (SSSR count). The third-order valence-electron chi connectivity index (χ3n) is 4.30. The number of carbonyl (C=O) groups is 1. The number of carbonyl (C=O) groups excluding carboxylic acids is 1. The number of aromatic nitrogens is 1. The molecule has 3 aromatic carbocycles. The molecule has 0 bridgehead atoms. The van der Waals surface area contributed by atoms with E-state index >= 15 is 0 Å². The van der Waals surface area contributed by atoms with Crippen molar-refractivity contribution < 1.29 is 9.90 Å². The highest BCUT2D eigenvalue weighted by Crippen LogP contribution is 2.22. The summed E-state index contributed by atoms with van der Waals surface area (Å²) in [5.74, 6) is -0.605. The Balaban J connectivity index is 1.73. The van der Waals surface area contributed by atoms with Crippen molar-refractivity contribution >= 4 is 38.5 Å². The van der Waals surface area contributed by atoms with Crippen molar-refractivity contribution in [2.75, 3.05) is 0 Å². The maximum absolute atomic E-state index is 12.5. The first-order chi connectivity index (χ1) is 13.6. The molecule has 1 heterocycles. The summed E-state index contributed by atoms with van der Waals surface area (Å²) in [7, 11) is 0. The van der Waals surface area contributed by atoms with Gasteiger partial charge in [0.2, 0.25) is 0 Å². The molecule has 0 saturated heterocycles. The summed E-state index contributed by atoms with van der Waals surface area (Å²) < 4.78 is 0.693. The predicted octanol–water partition coefficient (Wildman–Crippen LogP) is 4.82. The van der Waals surface area contributed by atoms with Gasteiger partial charge in [0, 0.05) is 20.9 Å². The Bertz CT molecular complexity index is 1150. The molecule has 3 N–H and O–H groups in total. The van der Waals surface area contributed by atoms with Crippen LogP contribution in [0.2, 0.25) is 0 Å². The van der Waals surface area contributed by atoms with E-state index in [2.05, 4.69) is 31.4 Å². The maximum Gasteiger partial charge on any atom is 0.275 e. The van der Waals surface area contributed by atoms with Crippen LogP contribution in [0.5, 0.6) is 5.75 Å². The lowest BCUT2D eigenvalue weighted by Gasteiger charge is -2.07. The van der Waals surface area contributed by atoms with E-state index in [1.807, 2.05) is 60.7 Å². The Morgan fingerprint density at radius 3 is 2.50 bits per heavy atom. The van der Waals surface area contributed by atoms with E-state index in [1.54, 1.807) is 12.1 Å². The number of hydrogen-bond acceptors (Lipinski definition) is 3. The quantitative estimate of drug-likeness (QED) is 0.318. The zero-order valence-corrected chi connectivity index (χ0v) is 16.3. The summed E-state index contributed by atoms with van der Waals surface area (Å²) in [5.41, 5.74) is 5.92. The van der Waals surface area contributed by atoms with E-state index < -0.39 is 5.91 Å². The van der Waals surface area contributed by atoms with Crippen molar-refractivity contribution in [3.05, 3.63) is 100 Å². The highest BCUT2D eigenvalue weighted by atomic mass is 79.9. The molecule has 0 saturated carbocycles. The van der Waals surface area contributed by atoms with Crippen molar-refractivity contribution in [3.8, 4) is 5.75 Å². The summed E-state index contributed by atoms with van der Waals surface area (Å²) >= 11 is 3.31. The third kappa shape index (κ3) is 3.68. The molecule has 5 nitrogen and oxygen atoms in total. The average Bonchev–Trinajstić information content (AvgIpc) is 3.14. The van der Waals surface area contributed by atoms with Crippen LogP contribution in [-0.4, -0.2) is 21.7 Å². The second-order valence-electron chi connectivity index (χ2n) is 6.20. The van der Waals surface area contributed by atoms with Crippen LogP contribution in [-0.2, 0) is 0 Å². The molecular formula is C22H16BrN3O2. The summed E-state index contributed by atoms with van der Waals surface area (Å²) in [6, 6.07) is 24.2. The van der Waals surface area contributed by atoms with Gasteiger partial charge in [-0.3, -0.25) is 4.79 Å². The van der Waals surface area contributed by atoms with Crippen LogP contribution in [0.3, 0.4) is 0 Å². The summed E-state index contributed by atoms with van der Waals surface area (Å²) in [5, 5.41) is 15.4.